The van der Waals surface area contributed by atoms with Crippen LogP contribution >= 0.6 is 22.7 Å². The molecule has 3 heterocycles. The highest BCUT2D eigenvalue weighted by Gasteiger charge is 2.04. The fourth-order valence-electron chi connectivity index (χ4n) is 1.28. The van der Waals surface area contributed by atoms with Gasteiger partial charge in [0.2, 0.25) is 0 Å². The van der Waals surface area contributed by atoms with E-state index >= 15 is 0 Å². The van der Waals surface area contributed by atoms with Gasteiger partial charge in [-0.3, -0.25) is 4.98 Å². The highest BCUT2D eigenvalue weighted by Crippen LogP contribution is 2.27. The molecule has 3 aromatic rings. The van der Waals surface area contributed by atoms with Crippen molar-refractivity contribution in [1.29, 1.82) is 0 Å². The number of hydrogen-bond acceptors (Lipinski definition) is 6. The average Bonchev–Trinajstić information content (AvgIpc) is 2.87. The fourth-order valence-corrected chi connectivity index (χ4v) is 2.53. The molecule has 0 unspecified atom stereocenters. The second-order valence-corrected chi connectivity index (χ2v) is 4.63. The van der Waals surface area contributed by atoms with Crippen molar-refractivity contribution in [1.82, 2.24) is 15.0 Å². The largest absolute Gasteiger partial charge is 0.330 e. The van der Waals surface area contributed by atoms with Gasteiger partial charge >= 0.3 is 0 Å². The van der Waals surface area contributed by atoms with Crippen molar-refractivity contribution in [3.8, 4) is 0 Å². The summed E-state index contributed by atoms with van der Waals surface area (Å²) >= 11 is 3.16. The summed E-state index contributed by atoms with van der Waals surface area (Å²) in [6.07, 6.45) is 3.35. The van der Waals surface area contributed by atoms with E-state index in [-0.39, 0.29) is 0 Å². The Morgan fingerprint density at radius 3 is 3.07 bits per heavy atom. The number of fused-ring (bicyclic) bond motifs is 1. The maximum atomic E-state index is 4.22. The predicted octanol–water partition coefficient (Wildman–Crippen LogP) is 2.89. The first-order chi connectivity index (χ1) is 7.43. The van der Waals surface area contributed by atoms with Gasteiger partial charge in [0.05, 0.1) is 17.1 Å². The van der Waals surface area contributed by atoms with Gasteiger partial charge in [-0.05, 0) is 11.4 Å². The Balaban J connectivity index is 2.07. The summed E-state index contributed by atoms with van der Waals surface area (Å²) in [4.78, 5) is 13.4. The van der Waals surface area contributed by atoms with Crippen LogP contribution in [0.25, 0.3) is 10.2 Å². The number of hydrogen-bond donors (Lipinski definition) is 1. The van der Waals surface area contributed by atoms with Crippen LogP contribution in [0.2, 0.25) is 0 Å². The third-order valence-electron chi connectivity index (χ3n) is 1.94. The number of thiazole rings is 1. The van der Waals surface area contributed by atoms with E-state index < -0.39 is 0 Å². The molecule has 0 aromatic carbocycles. The van der Waals surface area contributed by atoms with Crippen LogP contribution in [0, 0.1) is 0 Å². The van der Waals surface area contributed by atoms with Crippen LogP contribution in [-0.2, 0) is 0 Å². The molecule has 3 rings (SSSR count). The van der Waals surface area contributed by atoms with Crippen LogP contribution in [-0.4, -0.2) is 15.0 Å². The Morgan fingerprint density at radius 1 is 1.20 bits per heavy atom. The number of rotatable bonds is 2. The molecule has 0 atom stereocenters. The monoisotopic (exact) mass is 234 g/mol. The third kappa shape index (κ3) is 1.57. The van der Waals surface area contributed by atoms with Gasteiger partial charge in [0.15, 0.2) is 0 Å². The van der Waals surface area contributed by atoms with Gasteiger partial charge in [-0.1, -0.05) is 0 Å². The second-order valence-electron chi connectivity index (χ2n) is 2.85. The summed E-state index contributed by atoms with van der Waals surface area (Å²) in [5.41, 5.74) is 1.79. The lowest BCUT2D eigenvalue weighted by Gasteiger charge is -2.01. The zero-order chi connectivity index (χ0) is 10.1. The first-order valence-electron chi connectivity index (χ1n) is 4.27. The van der Waals surface area contributed by atoms with Crippen LogP contribution < -0.4 is 5.32 Å². The fraction of sp³-hybridized carbons (Fsp3) is 0. The molecular formula is C9H6N4S2. The topological polar surface area (TPSA) is 50.7 Å². The third-order valence-corrected chi connectivity index (χ3v) is 3.44. The predicted molar refractivity (Wildman–Crippen MR) is 62.8 cm³/mol. The molecule has 1 N–H and O–H groups in total. The molecule has 0 aliphatic carbocycles. The lowest BCUT2D eigenvalue weighted by molar-refractivity contribution is 1.23. The maximum absolute atomic E-state index is 4.22. The smallest absolute Gasteiger partial charge is 0.143 e. The molecule has 0 fully saturated rings. The van der Waals surface area contributed by atoms with E-state index in [9.17, 15) is 0 Å². The van der Waals surface area contributed by atoms with Gasteiger partial charge in [-0.25, -0.2) is 9.97 Å². The van der Waals surface area contributed by atoms with E-state index in [1.54, 1.807) is 40.7 Å². The molecule has 0 radical (unpaired) electrons. The lowest BCUT2D eigenvalue weighted by Crippen LogP contribution is -1.92. The van der Waals surface area contributed by atoms with E-state index in [2.05, 4.69) is 20.3 Å². The quantitative estimate of drug-likeness (QED) is 0.740. The molecule has 15 heavy (non-hydrogen) atoms. The van der Waals surface area contributed by atoms with Crippen molar-refractivity contribution in [2.75, 3.05) is 5.32 Å². The van der Waals surface area contributed by atoms with Gasteiger partial charge in [-0.2, -0.15) is 0 Å². The van der Waals surface area contributed by atoms with Crippen molar-refractivity contribution < 1.29 is 0 Å². The molecule has 0 bridgehead atoms. The van der Waals surface area contributed by atoms with E-state index in [0.29, 0.717) is 0 Å². The van der Waals surface area contributed by atoms with Crippen molar-refractivity contribution in [3.63, 3.8) is 0 Å². The second kappa shape index (κ2) is 3.56. The van der Waals surface area contributed by atoms with Crippen LogP contribution in [0.3, 0.4) is 0 Å². The van der Waals surface area contributed by atoms with E-state index in [4.69, 9.17) is 0 Å². The Hall–Kier alpha value is -1.53. The van der Waals surface area contributed by atoms with Gasteiger partial charge in [0.1, 0.15) is 22.0 Å². The number of nitrogens with one attached hydrogen (secondary N) is 1. The van der Waals surface area contributed by atoms with Gasteiger partial charge < -0.3 is 5.32 Å². The zero-order valence-electron chi connectivity index (χ0n) is 7.54. The number of nitrogens with zero attached hydrogens (tertiary/aromatic N) is 3. The van der Waals surface area contributed by atoms with Crippen LogP contribution in [0.1, 0.15) is 0 Å². The molecule has 0 aliphatic heterocycles. The number of thiophene rings is 1. The highest BCUT2D eigenvalue weighted by atomic mass is 32.1. The van der Waals surface area contributed by atoms with E-state index in [1.807, 2.05) is 11.4 Å². The average molecular weight is 234 g/mol. The van der Waals surface area contributed by atoms with Crippen LogP contribution in [0.4, 0.5) is 10.8 Å². The molecule has 6 heteroatoms. The van der Waals surface area contributed by atoms with Crippen molar-refractivity contribution in [2.45, 2.75) is 0 Å². The molecule has 4 nitrogen and oxygen atoms in total. The first-order valence-corrected chi connectivity index (χ1v) is 6.03. The first kappa shape index (κ1) is 8.75. The molecular weight excluding hydrogens is 228 g/mol. The molecule has 0 saturated carbocycles. The number of anilines is 2. The van der Waals surface area contributed by atoms with Gasteiger partial charge in [0.25, 0.3) is 0 Å². The maximum Gasteiger partial charge on any atom is 0.143 e. The minimum absolute atomic E-state index is 0.838. The van der Waals surface area contributed by atoms with Crippen molar-refractivity contribution >= 4 is 43.7 Å². The molecule has 0 spiro atoms. The summed E-state index contributed by atoms with van der Waals surface area (Å²) in [5, 5.41) is 7.27. The van der Waals surface area contributed by atoms with Crippen LogP contribution in [0.15, 0.2) is 29.5 Å². The van der Waals surface area contributed by atoms with Crippen molar-refractivity contribution in [2.24, 2.45) is 0 Å². The minimum atomic E-state index is 0.838. The Labute approximate surface area is 93.7 Å². The molecule has 0 amide bonds. The van der Waals surface area contributed by atoms with Crippen LogP contribution in [0.5, 0.6) is 0 Å². The Kier molecular flexibility index (Phi) is 2.08. The molecule has 0 aliphatic rings. The summed E-state index contributed by atoms with van der Waals surface area (Å²) in [6.45, 7) is 0. The summed E-state index contributed by atoms with van der Waals surface area (Å²) in [5.74, 6) is 0.838. The van der Waals surface area contributed by atoms with E-state index in [1.165, 1.54) is 0 Å². The summed E-state index contributed by atoms with van der Waals surface area (Å²) in [6, 6.07) is 2.02. The SMILES string of the molecule is c1nc(Nc2cncs2)c2ccsc2n1. The highest BCUT2D eigenvalue weighted by molar-refractivity contribution is 7.16. The Bertz CT molecular complexity index is 573. The van der Waals surface area contributed by atoms with Gasteiger partial charge in [0, 0.05) is 0 Å². The summed E-state index contributed by atoms with van der Waals surface area (Å²) in [7, 11) is 0. The normalized spacial score (nSPS) is 10.7. The van der Waals surface area contributed by atoms with E-state index in [0.717, 1.165) is 21.0 Å². The summed E-state index contributed by atoms with van der Waals surface area (Å²) < 4.78 is 0. The molecule has 74 valence electrons. The van der Waals surface area contributed by atoms with Crippen molar-refractivity contribution in [3.05, 3.63) is 29.5 Å². The Morgan fingerprint density at radius 2 is 2.20 bits per heavy atom. The number of aromatic nitrogens is 3. The molecule has 3 aromatic heterocycles. The van der Waals surface area contributed by atoms with Gasteiger partial charge in [-0.15, -0.1) is 22.7 Å². The minimum Gasteiger partial charge on any atom is -0.330 e. The lowest BCUT2D eigenvalue weighted by atomic mass is 10.4. The standard InChI is InChI=1S/C9H6N4S2/c1-2-14-9-6(1)8(11-4-12-9)13-7-3-10-5-15-7/h1-5H,(H,11,12,13). The molecule has 0 saturated heterocycles. The zero-order valence-corrected chi connectivity index (χ0v) is 9.18.